The van der Waals surface area contributed by atoms with Gasteiger partial charge in [0, 0.05) is 17.5 Å². The summed E-state index contributed by atoms with van der Waals surface area (Å²) < 4.78 is 4.99. The van der Waals surface area contributed by atoms with Crippen LogP contribution in [-0.4, -0.2) is 42.9 Å². The van der Waals surface area contributed by atoms with Crippen molar-refractivity contribution in [2.45, 2.75) is 51.0 Å². The van der Waals surface area contributed by atoms with Gasteiger partial charge in [-0.05, 0) is 67.5 Å². The molecule has 0 spiro atoms. The fourth-order valence-corrected chi connectivity index (χ4v) is 5.71. The topological polar surface area (TPSA) is 84.5 Å². The predicted octanol–water partition coefficient (Wildman–Crippen LogP) is 6.15. The lowest BCUT2D eigenvalue weighted by atomic mass is 9.80. The van der Waals surface area contributed by atoms with Crippen LogP contribution in [0.5, 0.6) is 0 Å². The number of esters is 1. The lowest BCUT2D eigenvalue weighted by Crippen LogP contribution is -2.49. The Labute approximate surface area is 226 Å². The standard InChI is InChI=1S/C27H32Cl2N2O4S/c1-35-25(33)22(31-26(34)27(13-3-4-14-27)15-6-16-36-2)17-18-9-11-19(12-10-18)30-24(32)23-20(28)7-5-8-21(23)29/h5,7-12,22H,3-4,6,13-17H2,1-2H3,(H,30,32)(H,31,34)/t22-/m0/s1. The third-order valence-corrected chi connectivity index (χ3v) is 8.01. The fourth-order valence-electron chi connectivity index (χ4n) is 4.71. The van der Waals surface area contributed by atoms with E-state index in [9.17, 15) is 14.4 Å². The molecule has 0 heterocycles. The highest BCUT2D eigenvalue weighted by Gasteiger charge is 2.41. The van der Waals surface area contributed by atoms with Crippen LogP contribution in [0.15, 0.2) is 42.5 Å². The molecule has 9 heteroatoms. The van der Waals surface area contributed by atoms with Crippen molar-refractivity contribution in [2.75, 3.05) is 24.4 Å². The first-order valence-electron chi connectivity index (χ1n) is 12.0. The van der Waals surface area contributed by atoms with E-state index in [0.29, 0.717) is 5.69 Å². The van der Waals surface area contributed by atoms with Gasteiger partial charge < -0.3 is 15.4 Å². The molecule has 1 atom stereocenters. The summed E-state index contributed by atoms with van der Waals surface area (Å²) >= 11 is 14.0. The second-order valence-electron chi connectivity index (χ2n) is 9.08. The number of anilines is 1. The SMILES string of the molecule is COC(=O)[C@H](Cc1ccc(NC(=O)c2c(Cl)cccc2Cl)cc1)NC(=O)C1(CCCSC)CCCC1. The van der Waals surface area contributed by atoms with E-state index in [4.69, 9.17) is 27.9 Å². The summed E-state index contributed by atoms with van der Waals surface area (Å²) in [6.45, 7) is 0. The van der Waals surface area contributed by atoms with E-state index < -0.39 is 23.3 Å². The Morgan fingerprint density at radius 2 is 1.69 bits per heavy atom. The largest absolute Gasteiger partial charge is 0.467 e. The van der Waals surface area contributed by atoms with Crippen molar-refractivity contribution in [3.63, 3.8) is 0 Å². The Morgan fingerprint density at radius 3 is 2.28 bits per heavy atom. The molecule has 0 radical (unpaired) electrons. The fraction of sp³-hybridized carbons (Fsp3) is 0.444. The molecule has 2 N–H and O–H groups in total. The molecule has 0 aromatic heterocycles. The van der Waals surface area contributed by atoms with Gasteiger partial charge in [-0.15, -0.1) is 0 Å². The molecule has 2 amide bonds. The third-order valence-electron chi connectivity index (χ3n) is 6.68. The number of methoxy groups -OCH3 is 1. The summed E-state index contributed by atoms with van der Waals surface area (Å²) in [4.78, 5) is 38.5. The minimum Gasteiger partial charge on any atom is -0.467 e. The first-order valence-corrected chi connectivity index (χ1v) is 14.2. The minimum atomic E-state index is -0.789. The summed E-state index contributed by atoms with van der Waals surface area (Å²) in [5.74, 6) is 0.0610. The minimum absolute atomic E-state index is 0.0583. The van der Waals surface area contributed by atoms with Gasteiger partial charge in [0.25, 0.3) is 5.91 Å². The van der Waals surface area contributed by atoms with Gasteiger partial charge in [-0.25, -0.2) is 4.79 Å². The maximum absolute atomic E-state index is 13.4. The lowest BCUT2D eigenvalue weighted by Gasteiger charge is -2.30. The van der Waals surface area contributed by atoms with E-state index in [0.717, 1.165) is 49.8 Å². The van der Waals surface area contributed by atoms with Gasteiger partial charge in [-0.2, -0.15) is 11.8 Å². The molecule has 36 heavy (non-hydrogen) atoms. The maximum Gasteiger partial charge on any atom is 0.328 e. The highest BCUT2D eigenvalue weighted by molar-refractivity contribution is 7.98. The normalized spacial score (nSPS) is 15.2. The summed E-state index contributed by atoms with van der Waals surface area (Å²) in [5, 5.41) is 6.30. The maximum atomic E-state index is 13.4. The number of halogens is 2. The van der Waals surface area contributed by atoms with Crippen LogP contribution in [0.25, 0.3) is 0 Å². The molecule has 0 bridgehead atoms. The van der Waals surface area contributed by atoms with Gasteiger partial charge in [0.2, 0.25) is 5.91 Å². The quantitative estimate of drug-likeness (QED) is 0.259. The average Bonchev–Trinajstić information content (AvgIpc) is 3.34. The van der Waals surface area contributed by atoms with Crippen LogP contribution in [0, 0.1) is 5.41 Å². The number of hydrogen-bond acceptors (Lipinski definition) is 5. The molecule has 1 fully saturated rings. The number of benzene rings is 2. The summed E-state index contributed by atoms with van der Waals surface area (Å²) in [7, 11) is 1.32. The monoisotopic (exact) mass is 550 g/mol. The molecule has 6 nitrogen and oxygen atoms in total. The molecule has 2 aromatic carbocycles. The zero-order valence-corrected chi connectivity index (χ0v) is 22.9. The number of carbonyl (C=O) groups excluding carboxylic acids is 3. The molecule has 194 valence electrons. The molecule has 0 saturated heterocycles. The van der Waals surface area contributed by atoms with E-state index in [2.05, 4.69) is 16.9 Å². The van der Waals surface area contributed by atoms with Gasteiger partial charge in [0.05, 0.1) is 22.7 Å². The smallest absolute Gasteiger partial charge is 0.328 e. The Morgan fingerprint density at radius 1 is 1.06 bits per heavy atom. The molecule has 0 unspecified atom stereocenters. The van der Waals surface area contributed by atoms with Crippen LogP contribution in [-0.2, 0) is 20.7 Å². The van der Waals surface area contributed by atoms with Crippen LogP contribution < -0.4 is 10.6 Å². The highest BCUT2D eigenvalue weighted by Crippen LogP contribution is 2.42. The van der Waals surface area contributed by atoms with Crippen molar-refractivity contribution in [2.24, 2.45) is 5.41 Å². The van der Waals surface area contributed by atoms with Gasteiger partial charge >= 0.3 is 5.97 Å². The second-order valence-corrected chi connectivity index (χ2v) is 10.9. The van der Waals surface area contributed by atoms with Gasteiger partial charge in [0.15, 0.2) is 0 Å². The Balaban J connectivity index is 1.67. The number of amides is 2. The van der Waals surface area contributed by atoms with Crippen LogP contribution in [0.3, 0.4) is 0 Å². The first kappa shape index (κ1) is 28.4. The van der Waals surface area contributed by atoms with Crippen molar-refractivity contribution in [3.8, 4) is 0 Å². The summed E-state index contributed by atoms with van der Waals surface area (Å²) in [6, 6.07) is 11.2. The first-order chi connectivity index (χ1) is 17.3. The van der Waals surface area contributed by atoms with Crippen LogP contribution in [0.4, 0.5) is 5.69 Å². The number of carbonyl (C=O) groups is 3. The number of nitrogens with one attached hydrogen (secondary N) is 2. The Kier molecular flexibility index (Phi) is 10.5. The summed E-state index contributed by atoms with van der Waals surface area (Å²) in [5.41, 5.74) is 1.17. The summed E-state index contributed by atoms with van der Waals surface area (Å²) in [6.07, 6.45) is 7.92. The molecule has 0 aliphatic heterocycles. The molecule has 1 saturated carbocycles. The van der Waals surface area contributed by atoms with Crippen LogP contribution in [0.1, 0.15) is 54.4 Å². The lowest BCUT2D eigenvalue weighted by molar-refractivity contribution is -0.146. The van der Waals surface area contributed by atoms with E-state index in [1.54, 1.807) is 54.2 Å². The molecule has 2 aromatic rings. The van der Waals surface area contributed by atoms with Crippen molar-refractivity contribution >= 4 is 58.4 Å². The zero-order chi connectivity index (χ0) is 26.1. The van der Waals surface area contributed by atoms with E-state index in [1.165, 1.54) is 7.11 Å². The predicted molar refractivity (Wildman–Crippen MR) is 147 cm³/mol. The third kappa shape index (κ3) is 7.17. The van der Waals surface area contributed by atoms with Crippen molar-refractivity contribution in [1.29, 1.82) is 0 Å². The van der Waals surface area contributed by atoms with E-state index in [1.807, 2.05) is 0 Å². The number of ether oxygens (including phenoxy) is 1. The average molecular weight is 552 g/mol. The van der Waals surface area contributed by atoms with Crippen LogP contribution in [0.2, 0.25) is 10.0 Å². The highest BCUT2D eigenvalue weighted by atomic mass is 35.5. The van der Waals surface area contributed by atoms with Crippen LogP contribution >= 0.6 is 35.0 Å². The van der Waals surface area contributed by atoms with Gasteiger partial charge in [-0.3, -0.25) is 9.59 Å². The van der Waals surface area contributed by atoms with Gasteiger partial charge in [-0.1, -0.05) is 54.2 Å². The molecule has 1 aliphatic rings. The molecular weight excluding hydrogens is 519 g/mol. The molecular formula is C27H32Cl2N2O4S. The Bertz CT molecular complexity index is 1050. The van der Waals surface area contributed by atoms with Gasteiger partial charge in [0.1, 0.15) is 6.04 Å². The number of hydrogen-bond donors (Lipinski definition) is 2. The zero-order valence-electron chi connectivity index (χ0n) is 20.6. The van der Waals surface area contributed by atoms with E-state index >= 15 is 0 Å². The second kappa shape index (κ2) is 13.4. The Hall–Kier alpha value is -2.22. The molecule has 1 aliphatic carbocycles. The van der Waals surface area contributed by atoms with Crippen molar-refractivity contribution in [3.05, 3.63) is 63.6 Å². The number of rotatable bonds is 11. The van der Waals surface area contributed by atoms with E-state index in [-0.39, 0.29) is 27.9 Å². The molecule has 3 rings (SSSR count). The van der Waals surface area contributed by atoms with Crippen molar-refractivity contribution < 1.29 is 19.1 Å². The van der Waals surface area contributed by atoms with Crippen molar-refractivity contribution in [1.82, 2.24) is 5.32 Å². The number of thioether (sulfide) groups is 1.